The zero-order chi connectivity index (χ0) is 14.6. The van der Waals surface area contributed by atoms with Gasteiger partial charge >= 0.3 is 0 Å². The van der Waals surface area contributed by atoms with Gasteiger partial charge in [-0.15, -0.1) is 0 Å². The number of halogens is 1. The van der Waals surface area contributed by atoms with Gasteiger partial charge in [0, 0.05) is 24.9 Å². The molecule has 108 valence electrons. The highest BCUT2D eigenvalue weighted by Gasteiger charge is 2.12. The van der Waals surface area contributed by atoms with Crippen molar-refractivity contribution in [2.24, 2.45) is 0 Å². The predicted octanol–water partition coefficient (Wildman–Crippen LogP) is 1.69. The van der Waals surface area contributed by atoms with E-state index in [0.29, 0.717) is 28.7 Å². The molecule has 0 saturated carbocycles. The van der Waals surface area contributed by atoms with Gasteiger partial charge in [0.15, 0.2) is 5.82 Å². The molecule has 1 N–H and O–H groups in total. The van der Waals surface area contributed by atoms with E-state index in [4.69, 9.17) is 16.1 Å². The first kappa shape index (κ1) is 15.0. The van der Waals surface area contributed by atoms with Crippen molar-refractivity contribution in [1.29, 1.82) is 0 Å². The molecule has 2 aromatic rings. The summed E-state index contributed by atoms with van der Waals surface area (Å²) in [6.07, 6.45) is 0.381. The molecule has 8 heteroatoms. The first-order valence-electron chi connectivity index (χ1n) is 5.95. The summed E-state index contributed by atoms with van der Waals surface area (Å²) in [7, 11) is -3.41. The lowest BCUT2D eigenvalue weighted by Gasteiger charge is -2.05. The molecule has 0 unspecified atom stereocenters. The van der Waals surface area contributed by atoms with E-state index in [9.17, 15) is 8.42 Å². The number of nitrogens with zero attached hydrogens (tertiary/aromatic N) is 2. The Balaban J connectivity index is 1.88. The van der Waals surface area contributed by atoms with Crippen LogP contribution in [0.25, 0.3) is 0 Å². The van der Waals surface area contributed by atoms with Crippen LogP contribution in [0.15, 0.2) is 28.8 Å². The number of aromatic nitrogens is 2. The lowest BCUT2D eigenvalue weighted by molar-refractivity contribution is 0.387. The maximum absolute atomic E-state index is 11.9. The van der Waals surface area contributed by atoms with Crippen LogP contribution in [0.4, 0.5) is 0 Å². The zero-order valence-corrected chi connectivity index (χ0v) is 12.4. The monoisotopic (exact) mass is 315 g/mol. The average Bonchev–Trinajstić information content (AvgIpc) is 2.74. The fourth-order valence-electron chi connectivity index (χ4n) is 1.66. The summed E-state index contributed by atoms with van der Waals surface area (Å²) in [6.45, 7) is 1.90. The van der Waals surface area contributed by atoms with Crippen molar-refractivity contribution in [2.45, 2.75) is 19.1 Å². The Labute approximate surface area is 122 Å². The molecule has 0 saturated heterocycles. The van der Waals surface area contributed by atoms with Crippen molar-refractivity contribution in [3.8, 4) is 0 Å². The first-order valence-corrected chi connectivity index (χ1v) is 7.98. The van der Waals surface area contributed by atoms with Gasteiger partial charge in [0.25, 0.3) is 0 Å². The highest BCUT2D eigenvalue weighted by atomic mass is 35.5. The first-order chi connectivity index (χ1) is 9.44. The van der Waals surface area contributed by atoms with Crippen LogP contribution in [0.1, 0.15) is 17.3 Å². The van der Waals surface area contributed by atoms with Gasteiger partial charge in [-0.3, -0.25) is 0 Å². The fourth-order valence-corrected chi connectivity index (χ4v) is 3.00. The molecule has 1 aromatic heterocycles. The average molecular weight is 316 g/mol. The molecule has 0 bridgehead atoms. The molecule has 6 nitrogen and oxygen atoms in total. The third kappa shape index (κ3) is 4.59. The minimum absolute atomic E-state index is 0.112. The SMILES string of the molecule is Cc1nc(CCNS(=O)(=O)Cc2cccc(Cl)c2)no1. The Kier molecular flexibility index (Phi) is 4.74. The fraction of sp³-hybridized carbons (Fsp3) is 0.333. The van der Waals surface area contributed by atoms with E-state index >= 15 is 0 Å². The second-order valence-corrected chi connectivity index (χ2v) is 6.51. The van der Waals surface area contributed by atoms with Crippen molar-refractivity contribution < 1.29 is 12.9 Å². The molecule has 0 fully saturated rings. The van der Waals surface area contributed by atoms with Gasteiger partial charge < -0.3 is 4.52 Å². The Hall–Kier alpha value is -1.44. The molecule has 0 aliphatic carbocycles. The molecule has 0 radical (unpaired) electrons. The summed E-state index contributed by atoms with van der Waals surface area (Å²) < 4.78 is 31.1. The number of benzene rings is 1. The van der Waals surface area contributed by atoms with E-state index in [1.165, 1.54) is 0 Å². The highest BCUT2D eigenvalue weighted by Crippen LogP contribution is 2.12. The molecule has 0 spiro atoms. The molecule has 2 rings (SSSR count). The molecule has 0 aliphatic heterocycles. The number of nitrogens with one attached hydrogen (secondary N) is 1. The standard InChI is InChI=1S/C12H14ClN3O3S/c1-9-15-12(16-19-9)5-6-14-20(17,18)8-10-3-2-4-11(13)7-10/h2-4,7,14H,5-6,8H2,1H3. The van der Waals surface area contributed by atoms with E-state index in [-0.39, 0.29) is 12.3 Å². The van der Waals surface area contributed by atoms with Gasteiger partial charge in [-0.1, -0.05) is 28.9 Å². The Morgan fingerprint density at radius 1 is 1.40 bits per heavy atom. The summed E-state index contributed by atoms with van der Waals surface area (Å²) in [4.78, 5) is 4.00. The number of rotatable bonds is 6. The molecule has 0 amide bonds. The van der Waals surface area contributed by atoms with Gasteiger partial charge in [-0.05, 0) is 17.7 Å². The van der Waals surface area contributed by atoms with Gasteiger partial charge in [0.1, 0.15) is 0 Å². The third-order valence-corrected chi connectivity index (χ3v) is 4.08. The largest absolute Gasteiger partial charge is 0.340 e. The summed E-state index contributed by atoms with van der Waals surface area (Å²) in [5.41, 5.74) is 0.639. The van der Waals surface area contributed by atoms with Crippen molar-refractivity contribution in [3.05, 3.63) is 46.6 Å². The number of hydrogen-bond donors (Lipinski definition) is 1. The lowest BCUT2D eigenvalue weighted by atomic mass is 10.2. The van der Waals surface area contributed by atoms with Gasteiger partial charge in [0.2, 0.25) is 15.9 Å². The molecule has 0 atom stereocenters. The molecular formula is C12H14ClN3O3S. The summed E-state index contributed by atoms with van der Waals surface area (Å²) in [5, 5.41) is 4.21. The minimum Gasteiger partial charge on any atom is -0.340 e. The lowest BCUT2D eigenvalue weighted by Crippen LogP contribution is -2.27. The van der Waals surface area contributed by atoms with Crippen molar-refractivity contribution >= 4 is 21.6 Å². The highest BCUT2D eigenvalue weighted by molar-refractivity contribution is 7.88. The second-order valence-electron chi connectivity index (χ2n) is 4.26. The predicted molar refractivity (Wildman–Crippen MR) is 74.8 cm³/mol. The number of hydrogen-bond acceptors (Lipinski definition) is 5. The van der Waals surface area contributed by atoms with E-state index in [2.05, 4.69) is 14.9 Å². The van der Waals surface area contributed by atoms with E-state index in [1.54, 1.807) is 31.2 Å². The van der Waals surface area contributed by atoms with Crippen LogP contribution in [0.5, 0.6) is 0 Å². The van der Waals surface area contributed by atoms with Crippen molar-refractivity contribution in [2.75, 3.05) is 6.54 Å². The Bertz CT molecular complexity index is 685. The minimum atomic E-state index is -3.41. The van der Waals surface area contributed by atoms with Crippen molar-refractivity contribution in [1.82, 2.24) is 14.9 Å². The summed E-state index contributed by atoms with van der Waals surface area (Å²) in [6, 6.07) is 6.76. The van der Waals surface area contributed by atoms with Gasteiger partial charge in [0.05, 0.1) is 5.75 Å². The van der Waals surface area contributed by atoms with Crippen molar-refractivity contribution in [3.63, 3.8) is 0 Å². The smallest absolute Gasteiger partial charge is 0.223 e. The van der Waals surface area contributed by atoms with Crippen LogP contribution >= 0.6 is 11.6 Å². The van der Waals surface area contributed by atoms with Crippen LogP contribution < -0.4 is 4.72 Å². The molecule has 0 aliphatic rings. The van der Waals surface area contributed by atoms with Crippen LogP contribution in [0, 0.1) is 6.92 Å². The molecule has 1 heterocycles. The normalized spacial score (nSPS) is 11.7. The summed E-state index contributed by atoms with van der Waals surface area (Å²) in [5.74, 6) is 0.827. The Morgan fingerprint density at radius 2 is 2.20 bits per heavy atom. The molecule has 1 aromatic carbocycles. The van der Waals surface area contributed by atoms with Crippen LogP contribution in [0.3, 0.4) is 0 Å². The van der Waals surface area contributed by atoms with E-state index < -0.39 is 10.0 Å². The van der Waals surface area contributed by atoms with Crippen LogP contribution in [-0.4, -0.2) is 25.1 Å². The number of aryl methyl sites for hydroxylation is 1. The third-order valence-electron chi connectivity index (χ3n) is 2.49. The molecular weight excluding hydrogens is 302 g/mol. The molecule has 20 heavy (non-hydrogen) atoms. The second kappa shape index (κ2) is 6.34. The zero-order valence-electron chi connectivity index (χ0n) is 10.8. The van der Waals surface area contributed by atoms with E-state index in [1.807, 2.05) is 0 Å². The van der Waals surface area contributed by atoms with Crippen LogP contribution in [0.2, 0.25) is 5.02 Å². The summed E-state index contributed by atoms with van der Waals surface area (Å²) >= 11 is 5.82. The Morgan fingerprint density at radius 3 is 2.85 bits per heavy atom. The quantitative estimate of drug-likeness (QED) is 0.877. The maximum atomic E-state index is 11.9. The number of sulfonamides is 1. The topological polar surface area (TPSA) is 85.1 Å². The van der Waals surface area contributed by atoms with Gasteiger partial charge in [-0.2, -0.15) is 4.98 Å². The maximum Gasteiger partial charge on any atom is 0.223 e. The van der Waals surface area contributed by atoms with Gasteiger partial charge in [-0.25, -0.2) is 13.1 Å². The van der Waals surface area contributed by atoms with Crippen LogP contribution in [-0.2, 0) is 22.2 Å². The van der Waals surface area contributed by atoms with E-state index in [0.717, 1.165) is 0 Å².